The van der Waals surface area contributed by atoms with E-state index in [1.54, 1.807) is 7.11 Å². The number of piperidine rings is 1. The van der Waals surface area contributed by atoms with Gasteiger partial charge in [-0.25, -0.2) is 0 Å². The van der Waals surface area contributed by atoms with Gasteiger partial charge in [-0.15, -0.1) is 0 Å². The van der Waals surface area contributed by atoms with Gasteiger partial charge in [0.05, 0.1) is 0 Å². The number of hydrogen-bond acceptors (Lipinski definition) is 3. The maximum absolute atomic E-state index is 6.09. The average Bonchev–Trinajstić information content (AvgIpc) is 2.50. The predicted molar refractivity (Wildman–Crippen MR) is 83.8 cm³/mol. The predicted octanol–water partition coefficient (Wildman–Crippen LogP) is 2.61. The minimum absolute atomic E-state index is 0.370. The first-order chi connectivity index (χ1) is 9.80. The van der Waals surface area contributed by atoms with Gasteiger partial charge < -0.3 is 10.5 Å². The number of ether oxygens (including phenoxy) is 1. The van der Waals surface area contributed by atoms with Crippen molar-refractivity contribution in [3.8, 4) is 0 Å². The van der Waals surface area contributed by atoms with E-state index in [1.807, 2.05) is 0 Å². The van der Waals surface area contributed by atoms with Crippen LogP contribution in [0.25, 0.3) is 0 Å². The van der Waals surface area contributed by atoms with Crippen molar-refractivity contribution in [3.05, 3.63) is 35.4 Å². The summed E-state index contributed by atoms with van der Waals surface area (Å²) in [4.78, 5) is 2.56. The third-order valence-electron chi connectivity index (χ3n) is 4.51. The molecule has 3 heteroatoms. The molecule has 3 nitrogen and oxygen atoms in total. The molecule has 0 aromatic heterocycles. The number of aryl methyl sites for hydroxylation is 1. The minimum Gasteiger partial charge on any atom is -0.384 e. The van der Waals surface area contributed by atoms with Crippen molar-refractivity contribution in [2.45, 2.75) is 32.2 Å². The third-order valence-corrected chi connectivity index (χ3v) is 4.51. The normalized spacial score (nSPS) is 19.1. The lowest BCUT2D eigenvalue weighted by Gasteiger charge is -2.37. The first-order valence-electron chi connectivity index (χ1n) is 7.81. The number of rotatable bonds is 6. The van der Waals surface area contributed by atoms with Gasteiger partial charge in [-0.2, -0.15) is 0 Å². The van der Waals surface area contributed by atoms with Crippen LogP contribution < -0.4 is 5.73 Å². The zero-order valence-corrected chi connectivity index (χ0v) is 12.8. The van der Waals surface area contributed by atoms with E-state index in [9.17, 15) is 0 Å². The Labute approximate surface area is 123 Å². The molecule has 1 aliphatic heterocycles. The Kier molecular flexibility index (Phi) is 6.02. The Morgan fingerprint density at radius 3 is 2.60 bits per heavy atom. The van der Waals surface area contributed by atoms with E-state index in [4.69, 9.17) is 10.5 Å². The lowest BCUT2D eigenvalue weighted by atomic mass is 9.92. The first-order valence-corrected chi connectivity index (χ1v) is 7.81. The van der Waals surface area contributed by atoms with Crippen molar-refractivity contribution in [1.82, 2.24) is 4.90 Å². The second kappa shape index (κ2) is 7.77. The summed E-state index contributed by atoms with van der Waals surface area (Å²) in [6.07, 6.45) is 3.52. The van der Waals surface area contributed by atoms with Crippen molar-refractivity contribution < 1.29 is 4.74 Å². The summed E-state index contributed by atoms with van der Waals surface area (Å²) in [6.45, 7) is 6.08. The molecule has 1 fully saturated rings. The van der Waals surface area contributed by atoms with Gasteiger partial charge in [-0.1, -0.05) is 31.2 Å². The van der Waals surface area contributed by atoms with E-state index in [0.29, 0.717) is 12.6 Å². The number of nitrogens with two attached hydrogens (primary N) is 1. The lowest BCUT2D eigenvalue weighted by molar-refractivity contribution is 0.0808. The van der Waals surface area contributed by atoms with Crippen molar-refractivity contribution >= 4 is 0 Å². The van der Waals surface area contributed by atoms with Crippen LogP contribution in [-0.2, 0) is 11.2 Å². The van der Waals surface area contributed by atoms with Gasteiger partial charge in [0.1, 0.15) is 0 Å². The Morgan fingerprint density at radius 1 is 1.30 bits per heavy atom. The number of benzene rings is 1. The monoisotopic (exact) mass is 276 g/mol. The van der Waals surface area contributed by atoms with Crippen LogP contribution in [0.5, 0.6) is 0 Å². The molecule has 2 N–H and O–H groups in total. The van der Waals surface area contributed by atoms with Crippen molar-refractivity contribution in [2.75, 3.05) is 33.4 Å². The summed E-state index contributed by atoms with van der Waals surface area (Å²) in [6, 6.07) is 9.11. The third kappa shape index (κ3) is 3.60. The topological polar surface area (TPSA) is 38.5 Å². The quantitative estimate of drug-likeness (QED) is 0.868. The summed E-state index contributed by atoms with van der Waals surface area (Å²) < 4.78 is 5.28. The van der Waals surface area contributed by atoms with Gasteiger partial charge in [0.2, 0.25) is 0 Å². The molecule has 0 spiro atoms. The summed E-state index contributed by atoms with van der Waals surface area (Å²) in [5, 5.41) is 0. The van der Waals surface area contributed by atoms with E-state index >= 15 is 0 Å². The summed E-state index contributed by atoms with van der Waals surface area (Å²) >= 11 is 0. The molecule has 1 unspecified atom stereocenters. The Balaban J connectivity index is 2.06. The molecule has 0 aliphatic carbocycles. The fraction of sp³-hybridized carbons (Fsp3) is 0.647. The molecule has 1 heterocycles. The van der Waals surface area contributed by atoms with Crippen LogP contribution >= 0.6 is 0 Å². The molecule has 1 aliphatic rings. The van der Waals surface area contributed by atoms with E-state index in [0.717, 1.165) is 32.0 Å². The van der Waals surface area contributed by atoms with Crippen LogP contribution in [0.4, 0.5) is 0 Å². The molecule has 1 saturated heterocycles. The summed E-state index contributed by atoms with van der Waals surface area (Å²) in [5.74, 6) is 0.719. The smallest absolute Gasteiger partial charge is 0.0491 e. The van der Waals surface area contributed by atoms with Gasteiger partial charge in [0, 0.05) is 26.3 Å². The molecule has 0 amide bonds. The zero-order valence-electron chi connectivity index (χ0n) is 12.8. The highest BCUT2D eigenvalue weighted by atomic mass is 16.5. The van der Waals surface area contributed by atoms with Crippen LogP contribution in [0, 0.1) is 5.92 Å². The molecule has 112 valence electrons. The van der Waals surface area contributed by atoms with Crippen LogP contribution in [0.3, 0.4) is 0 Å². The zero-order chi connectivity index (χ0) is 14.4. The molecule has 1 aromatic carbocycles. The van der Waals surface area contributed by atoms with Crippen LogP contribution in [0.15, 0.2) is 24.3 Å². The second-order valence-corrected chi connectivity index (χ2v) is 5.74. The molecular weight excluding hydrogens is 248 g/mol. The fourth-order valence-electron chi connectivity index (χ4n) is 3.32. The molecule has 1 atom stereocenters. The molecule has 2 rings (SSSR count). The lowest BCUT2D eigenvalue weighted by Crippen LogP contribution is -2.40. The summed E-state index contributed by atoms with van der Waals surface area (Å²) in [5.41, 5.74) is 8.94. The number of likely N-dealkylation sites (tertiary alicyclic amines) is 1. The molecule has 0 saturated carbocycles. The van der Waals surface area contributed by atoms with Crippen molar-refractivity contribution in [3.63, 3.8) is 0 Å². The maximum atomic E-state index is 6.09. The standard InChI is InChI=1S/C17H28N2O/c1-3-15-6-4-5-7-16(15)17(12-18)19-10-8-14(9-11-19)13-20-2/h4-7,14,17H,3,8-13,18H2,1-2H3. The van der Waals surface area contributed by atoms with Gasteiger partial charge >= 0.3 is 0 Å². The highest BCUT2D eigenvalue weighted by Crippen LogP contribution is 2.28. The number of hydrogen-bond donors (Lipinski definition) is 1. The second-order valence-electron chi connectivity index (χ2n) is 5.74. The van der Waals surface area contributed by atoms with Crippen LogP contribution in [0.1, 0.15) is 36.9 Å². The van der Waals surface area contributed by atoms with E-state index in [-0.39, 0.29) is 0 Å². The maximum Gasteiger partial charge on any atom is 0.0491 e. The van der Waals surface area contributed by atoms with Crippen molar-refractivity contribution in [1.29, 1.82) is 0 Å². The Hall–Kier alpha value is -0.900. The number of methoxy groups -OCH3 is 1. The van der Waals surface area contributed by atoms with E-state index in [2.05, 4.69) is 36.1 Å². The van der Waals surface area contributed by atoms with Gasteiger partial charge in [-0.3, -0.25) is 4.90 Å². The Morgan fingerprint density at radius 2 is 2.00 bits per heavy atom. The van der Waals surface area contributed by atoms with Crippen LogP contribution in [-0.4, -0.2) is 38.3 Å². The average molecular weight is 276 g/mol. The van der Waals surface area contributed by atoms with Gasteiger partial charge in [-0.05, 0) is 49.4 Å². The highest BCUT2D eigenvalue weighted by molar-refractivity contribution is 5.30. The fourth-order valence-corrected chi connectivity index (χ4v) is 3.32. The molecule has 20 heavy (non-hydrogen) atoms. The molecular formula is C17H28N2O. The molecule has 0 bridgehead atoms. The minimum atomic E-state index is 0.370. The van der Waals surface area contributed by atoms with E-state index < -0.39 is 0 Å². The highest BCUT2D eigenvalue weighted by Gasteiger charge is 2.26. The van der Waals surface area contributed by atoms with Gasteiger partial charge in [0.25, 0.3) is 0 Å². The SMILES string of the molecule is CCc1ccccc1C(CN)N1CCC(COC)CC1. The molecule has 0 radical (unpaired) electrons. The summed E-state index contributed by atoms with van der Waals surface area (Å²) in [7, 11) is 1.80. The van der Waals surface area contributed by atoms with Crippen molar-refractivity contribution in [2.24, 2.45) is 11.7 Å². The van der Waals surface area contributed by atoms with E-state index in [1.165, 1.54) is 24.0 Å². The van der Waals surface area contributed by atoms with Gasteiger partial charge in [0.15, 0.2) is 0 Å². The largest absolute Gasteiger partial charge is 0.384 e. The number of nitrogens with zero attached hydrogens (tertiary/aromatic N) is 1. The molecule has 1 aromatic rings. The Bertz CT molecular complexity index is 400. The van der Waals surface area contributed by atoms with Crippen LogP contribution in [0.2, 0.25) is 0 Å². The first kappa shape index (κ1) is 15.5.